The molecule has 0 saturated carbocycles. The molecule has 1 aromatic carbocycles. The molecule has 0 spiro atoms. The number of benzene rings is 1. The van der Waals surface area contributed by atoms with Gasteiger partial charge in [-0.25, -0.2) is 0 Å². The van der Waals surface area contributed by atoms with E-state index < -0.39 is 6.10 Å². The molecule has 0 unspecified atom stereocenters. The lowest BCUT2D eigenvalue weighted by Gasteiger charge is -2.16. The minimum atomic E-state index is -0.615. The maximum absolute atomic E-state index is 10.9. The van der Waals surface area contributed by atoms with Crippen LogP contribution in [0, 0.1) is 0 Å². The van der Waals surface area contributed by atoms with Gasteiger partial charge in [-0.1, -0.05) is 64.4 Å². The molecule has 0 saturated heterocycles. The van der Waals surface area contributed by atoms with Gasteiger partial charge in [0.1, 0.15) is 5.75 Å². The summed E-state index contributed by atoms with van der Waals surface area (Å²) < 4.78 is 5.72. The van der Waals surface area contributed by atoms with E-state index in [1.807, 2.05) is 12.1 Å². The number of unbranched alkanes of at least 4 members (excludes halogenated alkanes) is 9. The van der Waals surface area contributed by atoms with E-state index in [1.165, 1.54) is 44.9 Å². The number of hydrogen-bond donors (Lipinski definition) is 4. The van der Waals surface area contributed by atoms with Crippen molar-refractivity contribution in [2.75, 3.05) is 31.6 Å². The Morgan fingerprint density at radius 3 is 2.33 bits per heavy atom. The molecule has 5 N–H and O–H groups in total. The van der Waals surface area contributed by atoms with Crippen molar-refractivity contribution in [1.82, 2.24) is 5.32 Å². The van der Waals surface area contributed by atoms with E-state index in [1.54, 1.807) is 6.07 Å². The fourth-order valence-electron chi connectivity index (χ4n) is 3.37. The molecule has 0 radical (unpaired) electrons. The summed E-state index contributed by atoms with van der Waals surface area (Å²) in [6.07, 6.45) is 13.4. The predicted molar refractivity (Wildman–Crippen MR) is 125 cm³/mol. The summed E-state index contributed by atoms with van der Waals surface area (Å²) in [6.45, 7) is 4.94. The highest BCUT2D eigenvalue weighted by molar-refractivity contribution is 5.75. The van der Waals surface area contributed by atoms with Crippen molar-refractivity contribution in [2.24, 2.45) is 5.73 Å². The van der Waals surface area contributed by atoms with Crippen molar-refractivity contribution in [3.05, 3.63) is 23.8 Å². The monoisotopic (exact) mass is 421 g/mol. The summed E-state index contributed by atoms with van der Waals surface area (Å²) in [5, 5.41) is 16.5. The summed E-state index contributed by atoms with van der Waals surface area (Å²) in [4.78, 5) is 10.9. The number of hydrogen-bond acceptors (Lipinski definition) is 5. The molecule has 172 valence electrons. The number of nitrogens with two attached hydrogens (primary N) is 1. The Morgan fingerprint density at radius 2 is 1.70 bits per heavy atom. The van der Waals surface area contributed by atoms with Crippen molar-refractivity contribution < 1.29 is 14.6 Å². The van der Waals surface area contributed by atoms with Crippen LogP contribution in [-0.4, -0.2) is 37.8 Å². The number of carbonyl (C=O) groups excluding carboxylic acids is 1. The first kappa shape index (κ1) is 26.4. The van der Waals surface area contributed by atoms with Crippen molar-refractivity contribution >= 4 is 12.1 Å². The first-order valence-corrected chi connectivity index (χ1v) is 11.8. The molecule has 1 aromatic rings. The van der Waals surface area contributed by atoms with Gasteiger partial charge in [0, 0.05) is 6.54 Å². The normalized spacial score (nSPS) is 12.0. The summed E-state index contributed by atoms with van der Waals surface area (Å²) in [6, 6.07) is 5.46. The molecule has 0 bridgehead atoms. The van der Waals surface area contributed by atoms with Gasteiger partial charge in [0.05, 0.1) is 18.4 Å². The van der Waals surface area contributed by atoms with Crippen LogP contribution in [0.15, 0.2) is 18.2 Å². The number of carbonyl (C=O) groups is 1. The molecule has 0 heterocycles. The molecule has 0 aliphatic rings. The lowest BCUT2D eigenvalue weighted by atomic mass is 10.1. The number of rotatable bonds is 20. The summed E-state index contributed by atoms with van der Waals surface area (Å²) >= 11 is 0. The summed E-state index contributed by atoms with van der Waals surface area (Å²) in [7, 11) is 0. The van der Waals surface area contributed by atoms with Crippen molar-refractivity contribution in [3.8, 4) is 5.75 Å². The van der Waals surface area contributed by atoms with Gasteiger partial charge in [0.25, 0.3) is 0 Å². The van der Waals surface area contributed by atoms with Gasteiger partial charge in [-0.15, -0.1) is 0 Å². The Morgan fingerprint density at radius 1 is 1.03 bits per heavy atom. The number of amides is 1. The van der Waals surface area contributed by atoms with Crippen molar-refractivity contribution in [2.45, 2.75) is 83.7 Å². The molecule has 0 aliphatic carbocycles. The molecule has 1 amide bonds. The summed E-state index contributed by atoms with van der Waals surface area (Å²) in [5.41, 5.74) is 6.87. The van der Waals surface area contributed by atoms with E-state index in [4.69, 9.17) is 10.5 Å². The van der Waals surface area contributed by atoms with Crippen molar-refractivity contribution in [1.29, 1.82) is 0 Å². The second-order valence-corrected chi connectivity index (χ2v) is 7.91. The molecule has 6 heteroatoms. The van der Waals surface area contributed by atoms with Gasteiger partial charge in [-0.2, -0.15) is 0 Å². The molecule has 30 heavy (non-hydrogen) atoms. The van der Waals surface area contributed by atoms with Crippen LogP contribution in [0.4, 0.5) is 5.69 Å². The van der Waals surface area contributed by atoms with Gasteiger partial charge >= 0.3 is 0 Å². The molecule has 0 fully saturated rings. The Bertz CT molecular complexity index is 554. The van der Waals surface area contributed by atoms with Crippen LogP contribution in [0.25, 0.3) is 0 Å². The minimum absolute atomic E-state index is 0.498. The quantitative estimate of drug-likeness (QED) is 0.183. The van der Waals surface area contributed by atoms with Crippen LogP contribution in [0.1, 0.15) is 89.2 Å². The van der Waals surface area contributed by atoms with E-state index in [9.17, 15) is 9.90 Å². The summed E-state index contributed by atoms with van der Waals surface area (Å²) in [5.74, 6) is 0.638. The van der Waals surface area contributed by atoms with Gasteiger partial charge in [0.2, 0.25) is 6.41 Å². The van der Waals surface area contributed by atoms with Gasteiger partial charge in [0.15, 0.2) is 0 Å². The van der Waals surface area contributed by atoms with Crippen LogP contribution in [-0.2, 0) is 4.79 Å². The van der Waals surface area contributed by atoms with Crippen LogP contribution in [0.3, 0.4) is 0 Å². The van der Waals surface area contributed by atoms with E-state index in [-0.39, 0.29) is 0 Å². The van der Waals surface area contributed by atoms with Crippen molar-refractivity contribution in [3.63, 3.8) is 0 Å². The molecule has 1 atom stereocenters. The Labute approximate surface area is 183 Å². The third kappa shape index (κ3) is 12.2. The fraction of sp³-hybridized carbons (Fsp3) is 0.708. The first-order valence-electron chi connectivity index (χ1n) is 11.8. The molecule has 1 rings (SSSR count). The van der Waals surface area contributed by atoms with E-state index in [2.05, 4.69) is 17.6 Å². The Kier molecular flexibility index (Phi) is 16.0. The number of anilines is 1. The zero-order valence-corrected chi connectivity index (χ0v) is 18.8. The average Bonchev–Trinajstić information content (AvgIpc) is 2.75. The number of aliphatic hydroxyl groups excluding tert-OH is 1. The lowest BCUT2D eigenvalue weighted by Crippen LogP contribution is -2.22. The van der Waals surface area contributed by atoms with Crippen LogP contribution < -0.4 is 21.1 Å². The molecule has 0 aliphatic heterocycles. The third-order valence-corrected chi connectivity index (χ3v) is 5.25. The Hall–Kier alpha value is -1.63. The van der Waals surface area contributed by atoms with Crippen LogP contribution >= 0.6 is 0 Å². The van der Waals surface area contributed by atoms with Gasteiger partial charge in [-0.05, 0) is 50.0 Å². The smallest absolute Gasteiger partial charge is 0.211 e. The number of aliphatic hydroxyl groups is 1. The third-order valence-electron chi connectivity index (χ3n) is 5.25. The highest BCUT2D eigenvalue weighted by atomic mass is 16.5. The molecular weight excluding hydrogens is 378 g/mol. The standard InChI is InChI=1S/C24H43N3O3/c1-2-3-17-30-24-14-13-21(18-22(24)27-20-28)23(29)19-26-16-12-10-8-6-4-5-7-9-11-15-25/h13-14,18,20,23,26,29H,2-12,15-17,19,25H2,1H3,(H,27,28)/t23-/m0/s1. The zero-order chi connectivity index (χ0) is 21.9. The average molecular weight is 422 g/mol. The lowest BCUT2D eigenvalue weighted by molar-refractivity contribution is -0.105. The van der Waals surface area contributed by atoms with Gasteiger partial charge < -0.3 is 26.2 Å². The zero-order valence-electron chi connectivity index (χ0n) is 18.8. The number of nitrogens with one attached hydrogen (secondary N) is 2. The largest absolute Gasteiger partial charge is 0.491 e. The van der Waals surface area contributed by atoms with Gasteiger partial charge in [-0.3, -0.25) is 4.79 Å². The molecule has 6 nitrogen and oxygen atoms in total. The van der Waals surface area contributed by atoms with Crippen LogP contribution in [0.5, 0.6) is 5.75 Å². The Balaban J connectivity index is 2.20. The highest BCUT2D eigenvalue weighted by Gasteiger charge is 2.11. The van der Waals surface area contributed by atoms with E-state index in [0.29, 0.717) is 31.0 Å². The maximum Gasteiger partial charge on any atom is 0.211 e. The molecular formula is C24H43N3O3. The molecule has 0 aromatic heterocycles. The number of ether oxygens (including phenoxy) is 1. The maximum atomic E-state index is 10.9. The minimum Gasteiger partial charge on any atom is -0.491 e. The topological polar surface area (TPSA) is 96.6 Å². The van der Waals surface area contributed by atoms with E-state index >= 15 is 0 Å². The second kappa shape index (κ2) is 18.2. The first-order chi connectivity index (χ1) is 14.7. The van der Waals surface area contributed by atoms with Crippen LogP contribution in [0.2, 0.25) is 0 Å². The second-order valence-electron chi connectivity index (χ2n) is 7.91. The fourth-order valence-corrected chi connectivity index (χ4v) is 3.37. The highest BCUT2D eigenvalue weighted by Crippen LogP contribution is 2.28. The SMILES string of the molecule is CCCCOc1ccc([C@@H](O)CNCCCCCCCCCCCN)cc1NC=O. The predicted octanol–water partition coefficient (Wildman–Crippen LogP) is 4.53. The van der Waals surface area contributed by atoms with E-state index in [0.717, 1.165) is 44.3 Å².